The fraction of sp³-hybridized carbons (Fsp3) is 0.529. The number of likely N-dealkylation sites (N-methyl/N-ethyl adjacent to an activating group) is 1. The standard InChI is InChI=1S/C17H23NO4/c1-16(2,3)22-15(21)18(4)17(9-10-17)11-12-7-5-6-8-13(12)14(19)20/h5-8H,9-11H2,1-4H3,(H,19,20). The summed E-state index contributed by atoms with van der Waals surface area (Å²) >= 11 is 0. The van der Waals surface area contributed by atoms with Gasteiger partial charge in [0.2, 0.25) is 0 Å². The van der Waals surface area contributed by atoms with Crippen LogP contribution in [0.4, 0.5) is 4.79 Å². The van der Waals surface area contributed by atoms with E-state index in [-0.39, 0.29) is 11.6 Å². The molecule has 1 saturated carbocycles. The Morgan fingerprint density at radius 2 is 1.86 bits per heavy atom. The molecule has 0 unspecified atom stereocenters. The van der Waals surface area contributed by atoms with E-state index in [1.165, 1.54) is 0 Å². The van der Waals surface area contributed by atoms with E-state index in [9.17, 15) is 14.7 Å². The van der Waals surface area contributed by atoms with Crippen LogP contribution in [0.25, 0.3) is 0 Å². The molecular weight excluding hydrogens is 282 g/mol. The molecule has 1 aliphatic rings. The molecule has 1 fully saturated rings. The number of hydrogen-bond acceptors (Lipinski definition) is 3. The molecular formula is C17H23NO4. The van der Waals surface area contributed by atoms with Crippen LogP contribution in [0.5, 0.6) is 0 Å². The van der Waals surface area contributed by atoms with Crippen molar-refractivity contribution in [2.24, 2.45) is 0 Å². The van der Waals surface area contributed by atoms with E-state index in [0.29, 0.717) is 12.0 Å². The Balaban J connectivity index is 2.16. The number of ether oxygens (including phenoxy) is 1. The summed E-state index contributed by atoms with van der Waals surface area (Å²) in [5, 5.41) is 9.28. The topological polar surface area (TPSA) is 66.8 Å². The number of carbonyl (C=O) groups excluding carboxylic acids is 1. The Bertz CT molecular complexity index is 585. The van der Waals surface area contributed by atoms with Crippen molar-refractivity contribution in [2.45, 2.75) is 51.2 Å². The van der Waals surface area contributed by atoms with Crippen LogP contribution in [0, 0.1) is 0 Å². The van der Waals surface area contributed by atoms with Gasteiger partial charge in [-0.05, 0) is 51.7 Å². The summed E-state index contributed by atoms with van der Waals surface area (Å²) in [5.41, 5.74) is 0.183. The lowest BCUT2D eigenvalue weighted by Gasteiger charge is -2.31. The Hall–Kier alpha value is -2.04. The molecule has 5 heteroatoms. The van der Waals surface area contributed by atoms with E-state index >= 15 is 0 Å². The van der Waals surface area contributed by atoms with Crippen molar-refractivity contribution < 1.29 is 19.4 Å². The predicted octanol–water partition coefficient (Wildman–Crippen LogP) is 3.33. The SMILES string of the molecule is CN(C(=O)OC(C)(C)C)C1(Cc2ccccc2C(=O)O)CC1. The van der Waals surface area contributed by atoms with Gasteiger partial charge in [0, 0.05) is 7.05 Å². The molecule has 1 amide bonds. The molecule has 0 atom stereocenters. The molecule has 1 N–H and O–H groups in total. The van der Waals surface area contributed by atoms with Crippen molar-refractivity contribution in [1.29, 1.82) is 0 Å². The lowest BCUT2D eigenvalue weighted by molar-refractivity contribution is 0.0195. The van der Waals surface area contributed by atoms with Crippen LogP contribution in [0.2, 0.25) is 0 Å². The van der Waals surface area contributed by atoms with Crippen LogP contribution in [0.1, 0.15) is 49.5 Å². The smallest absolute Gasteiger partial charge is 0.410 e. The van der Waals surface area contributed by atoms with E-state index in [4.69, 9.17) is 4.74 Å². The number of nitrogens with zero attached hydrogens (tertiary/aromatic N) is 1. The number of carboxylic acids is 1. The monoisotopic (exact) mass is 305 g/mol. The quantitative estimate of drug-likeness (QED) is 0.926. The Morgan fingerprint density at radius 3 is 2.36 bits per heavy atom. The molecule has 2 rings (SSSR count). The van der Waals surface area contributed by atoms with Gasteiger partial charge in [-0.2, -0.15) is 0 Å². The number of rotatable bonds is 4. The molecule has 22 heavy (non-hydrogen) atoms. The largest absolute Gasteiger partial charge is 0.478 e. The number of aromatic carboxylic acids is 1. The third-order valence-electron chi connectivity index (χ3n) is 3.97. The second-order valence-electron chi connectivity index (χ2n) is 6.90. The predicted molar refractivity (Wildman–Crippen MR) is 83.1 cm³/mol. The minimum Gasteiger partial charge on any atom is -0.478 e. The summed E-state index contributed by atoms with van der Waals surface area (Å²) < 4.78 is 5.41. The Labute approximate surface area is 130 Å². The third-order valence-corrected chi connectivity index (χ3v) is 3.97. The zero-order valence-corrected chi connectivity index (χ0v) is 13.5. The maximum absolute atomic E-state index is 12.2. The molecule has 120 valence electrons. The second kappa shape index (κ2) is 5.63. The van der Waals surface area contributed by atoms with E-state index in [2.05, 4.69) is 0 Å². The summed E-state index contributed by atoms with van der Waals surface area (Å²) in [4.78, 5) is 25.2. The summed E-state index contributed by atoms with van der Waals surface area (Å²) in [6, 6.07) is 6.95. The number of benzene rings is 1. The fourth-order valence-electron chi connectivity index (χ4n) is 2.54. The van der Waals surface area contributed by atoms with Crippen LogP contribution in [-0.2, 0) is 11.2 Å². The lowest BCUT2D eigenvalue weighted by atomic mass is 9.98. The summed E-state index contributed by atoms with van der Waals surface area (Å²) in [5.74, 6) is -0.939. The first kappa shape index (κ1) is 16.3. The molecule has 5 nitrogen and oxygen atoms in total. The number of amides is 1. The minimum atomic E-state index is -0.939. The maximum Gasteiger partial charge on any atom is 0.410 e. The van der Waals surface area contributed by atoms with Crippen LogP contribution < -0.4 is 0 Å². The van der Waals surface area contributed by atoms with Gasteiger partial charge in [0.1, 0.15) is 5.60 Å². The van der Waals surface area contributed by atoms with Gasteiger partial charge in [0.05, 0.1) is 11.1 Å². The Morgan fingerprint density at radius 1 is 1.27 bits per heavy atom. The van der Waals surface area contributed by atoms with Crippen LogP contribution in [-0.4, -0.2) is 40.3 Å². The molecule has 0 spiro atoms. The van der Waals surface area contributed by atoms with Gasteiger partial charge >= 0.3 is 12.1 Å². The van der Waals surface area contributed by atoms with E-state index in [1.54, 1.807) is 24.1 Å². The van der Waals surface area contributed by atoms with Gasteiger partial charge in [-0.1, -0.05) is 18.2 Å². The van der Waals surface area contributed by atoms with Crippen LogP contribution >= 0.6 is 0 Å². The van der Waals surface area contributed by atoms with Crippen molar-refractivity contribution in [3.63, 3.8) is 0 Å². The number of hydrogen-bond donors (Lipinski definition) is 1. The van der Waals surface area contributed by atoms with Gasteiger partial charge < -0.3 is 14.7 Å². The van der Waals surface area contributed by atoms with Crippen molar-refractivity contribution in [3.05, 3.63) is 35.4 Å². The van der Waals surface area contributed by atoms with Gasteiger partial charge in [0.15, 0.2) is 0 Å². The molecule has 0 radical (unpaired) electrons. The molecule has 1 aliphatic carbocycles. The molecule has 0 bridgehead atoms. The maximum atomic E-state index is 12.2. The molecule has 1 aromatic rings. The number of carboxylic acid groups (broad SMARTS) is 1. The highest BCUT2D eigenvalue weighted by Gasteiger charge is 2.49. The van der Waals surface area contributed by atoms with Crippen molar-refractivity contribution in [3.8, 4) is 0 Å². The number of carbonyl (C=O) groups is 2. The van der Waals surface area contributed by atoms with E-state index in [0.717, 1.165) is 18.4 Å². The highest BCUT2D eigenvalue weighted by Crippen LogP contribution is 2.44. The zero-order chi connectivity index (χ0) is 16.5. The minimum absolute atomic E-state index is 0.298. The highest BCUT2D eigenvalue weighted by atomic mass is 16.6. The molecule has 0 saturated heterocycles. The summed E-state index contributed by atoms with van der Waals surface area (Å²) in [7, 11) is 1.73. The van der Waals surface area contributed by atoms with Gasteiger partial charge in [-0.15, -0.1) is 0 Å². The van der Waals surface area contributed by atoms with Gasteiger partial charge in [-0.25, -0.2) is 9.59 Å². The van der Waals surface area contributed by atoms with Gasteiger partial charge in [0.25, 0.3) is 0 Å². The van der Waals surface area contributed by atoms with Crippen LogP contribution in [0.15, 0.2) is 24.3 Å². The lowest BCUT2D eigenvalue weighted by Crippen LogP contribution is -2.43. The molecule has 0 aromatic heterocycles. The van der Waals surface area contributed by atoms with Crippen molar-refractivity contribution >= 4 is 12.1 Å². The van der Waals surface area contributed by atoms with Crippen molar-refractivity contribution in [1.82, 2.24) is 4.90 Å². The average Bonchev–Trinajstić information content (AvgIpc) is 3.17. The second-order valence-corrected chi connectivity index (χ2v) is 6.90. The highest BCUT2D eigenvalue weighted by molar-refractivity contribution is 5.89. The molecule has 1 aromatic carbocycles. The van der Waals surface area contributed by atoms with Crippen molar-refractivity contribution in [2.75, 3.05) is 7.05 Å². The first-order valence-corrected chi connectivity index (χ1v) is 7.43. The molecule has 0 aliphatic heterocycles. The third kappa shape index (κ3) is 3.59. The average molecular weight is 305 g/mol. The summed E-state index contributed by atoms with van der Waals surface area (Å²) in [6.07, 6.45) is 1.89. The zero-order valence-electron chi connectivity index (χ0n) is 13.5. The van der Waals surface area contributed by atoms with Crippen LogP contribution in [0.3, 0.4) is 0 Å². The normalized spacial score (nSPS) is 16.0. The Kier molecular flexibility index (Phi) is 4.18. The van der Waals surface area contributed by atoms with E-state index in [1.807, 2.05) is 32.9 Å². The van der Waals surface area contributed by atoms with E-state index < -0.39 is 11.6 Å². The molecule has 0 heterocycles. The van der Waals surface area contributed by atoms with Gasteiger partial charge in [-0.3, -0.25) is 0 Å². The summed E-state index contributed by atoms with van der Waals surface area (Å²) in [6.45, 7) is 5.49. The fourth-order valence-corrected chi connectivity index (χ4v) is 2.54. The first-order valence-electron chi connectivity index (χ1n) is 7.43. The first-order chi connectivity index (χ1) is 10.1.